The van der Waals surface area contributed by atoms with Crippen molar-refractivity contribution in [1.82, 2.24) is 15.4 Å². The lowest BCUT2D eigenvalue weighted by atomic mass is 9.73. The molecule has 48 heavy (non-hydrogen) atoms. The summed E-state index contributed by atoms with van der Waals surface area (Å²) in [5.41, 5.74) is 8.69. The number of carbonyl (C=O) groups excluding carboxylic acids is 2. The fourth-order valence-corrected chi connectivity index (χ4v) is 8.33. The van der Waals surface area contributed by atoms with Crippen LogP contribution in [0.4, 0.5) is 0 Å². The highest BCUT2D eigenvalue weighted by molar-refractivity contribution is 7.89. The van der Waals surface area contributed by atoms with Crippen molar-refractivity contribution < 1.29 is 18.0 Å². The molecule has 0 saturated carbocycles. The van der Waals surface area contributed by atoms with Crippen molar-refractivity contribution >= 4 is 27.5 Å². The topological polar surface area (TPSA) is 154 Å². The Morgan fingerprint density at radius 2 is 1.52 bits per heavy atom. The number of amidine groups is 1. The largest absolute Gasteiger partial charge is 0.384 e. The van der Waals surface area contributed by atoms with Crippen LogP contribution in [0.5, 0.6) is 0 Å². The summed E-state index contributed by atoms with van der Waals surface area (Å²) in [4.78, 5) is 29.1. The van der Waals surface area contributed by atoms with Crippen molar-refractivity contribution in [2.75, 3.05) is 13.1 Å². The minimum atomic E-state index is -4.28. The second-order valence-corrected chi connectivity index (χ2v) is 15.5. The Kier molecular flexibility index (Phi) is 12.0. The molecule has 0 bridgehead atoms. The number of benzene rings is 3. The fourth-order valence-electron chi connectivity index (χ4n) is 6.44. The molecule has 6 N–H and O–H groups in total. The van der Waals surface area contributed by atoms with Crippen LogP contribution >= 0.6 is 0 Å². The lowest BCUT2D eigenvalue weighted by Crippen LogP contribution is -2.60. The molecule has 1 aliphatic rings. The van der Waals surface area contributed by atoms with Crippen LogP contribution in [-0.2, 0) is 32.6 Å². The van der Waals surface area contributed by atoms with E-state index in [4.69, 9.17) is 11.1 Å². The molecule has 1 fully saturated rings. The molecule has 3 aromatic carbocycles. The predicted octanol–water partition coefficient (Wildman–Crippen LogP) is 5.49. The van der Waals surface area contributed by atoms with E-state index in [2.05, 4.69) is 29.2 Å². The first-order chi connectivity index (χ1) is 22.7. The van der Waals surface area contributed by atoms with Crippen LogP contribution in [0.1, 0.15) is 106 Å². The first kappa shape index (κ1) is 37.0. The molecule has 1 aliphatic heterocycles. The van der Waals surface area contributed by atoms with Gasteiger partial charge >= 0.3 is 0 Å². The molecule has 10 heteroatoms. The lowest BCUT2D eigenvalue weighted by molar-refractivity contribution is -0.144. The van der Waals surface area contributed by atoms with Gasteiger partial charge in [-0.15, -0.1) is 0 Å². The maximum absolute atomic E-state index is 14.9. The number of nitrogens with one attached hydrogen (secondary N) is 4. The number of amides is 1. The number of carbonyl (C=O) groups is 2. The highest BCUT2D eigenvalue weighted by atomic mass is 32.2. The van der Waals surface area contributed by atoms with Crippen LogP contribution in [0.25, 0.3) is 0 Å². The number of rotatable bonds is 14. The Labute approximate surface area is 286 Å². The Morgan fingerprint density at radius 3 is 2.06 bits per heavy atom. The zero-order valence-corrected chi connectivity index (χ0v) is 29.8. The fraction of sp³-hybridized carbons (Fsp3) is 0.447. The summed E-state index contributed by atoms with van der Waals surface area (Å²) >= 11 is 0. The van der Waals surface area contributed by atoms with Crippen LogP contribution in [0.2, 0.25) is 0 Å². The van der Waals surface area contributed by atoms with E-state index < -0.39 is 33.2 Å². The maximum Gasteiger partial charge on any atom is 0.241 e. The molecule has 1 unspecified atom stereocenters. The number of nitrogen functional groups attached to an aromatic ring is 1. The third-order valence-electron chi connectivity index (χ3n) is 9.23. The van der Waals surface area contributed by atoms with E-state index >= 15 is 0 Å². The average molecular weight is 674 g/mol. The summed E-state index contributed by atoms with van der Waals surface area (Å²) in [6.45, 7) is 13.0. The molecule has 0 radical (unpaired) electrons. The van der Waals surface area contributed by atoms with Gasteiger partial charge in [0.2, 0.25) is 15.9 Å². The van der Waals surface area contributed by atoms with Crippen LogP contribution < -0.4 is 21.1 Å². The Hall–Kier alpha value is -3.86. The molecular weight excluding hydrogens is 623 g/mol. The van der Waals surface area contributed by atoms with E-state index in [1.165, 1.54) is 0 Å². The number of piperidine rings is 1. The third kappa shape index (κ3) is 8.40. The second kappa shape index (κ2) is 15.6. The molecule has 4 rings (SSSR count). The second-order valence-electron chi connectivity index (χ2n) is 13.9. The number of Topliss-reactive ketones (excluding diaryl/α,β-unsaturated/α-hetero) is 1. The molecule has 9 nitrogen and oxygen atoms in total. The van der Waals surface area contributed by atoms with E-state index in [1.807, 2.05) is 70.2 Å². The summed E-state index contributed by atoms with van der Waals surface area (Å²) in [6.07, 6.45) is 0.836. The molecule has 3 aromatic rings. The number of ketones is 1. The Morgan fingerprint density at radius 1 is 0.896 bits per heavy atom. The quantitative estimate of drug-likeness (QED) is 0.0867. The van der Waals surface area contributed by atoms with Crippen molar-refractivity contribution in [2.45, 2.75) is 96.0 Å². The number of sulfonamides is 1. The minimum absolute atomic E-state index is 0.0228. The minimum Gasteiger partial charge on any atom is -0.384 e. The number of hydrogen-bond donors (Lipinski definition) is 5. The summed E-state index contributed by atoms with van der Waals surface area (Å²) in [7, 11) is -4.28. The van der Waals surface area contributed by atoms with Crippen molar-refractivity contribution in [3.8, 4) is 0 Å². The first-order valence-electron chi connectivity index (χ1n) is 16.9. The standard InChI is InChI=1S/C38H51N5O4S/c1-24(2)30-20-31(25(3)4)34(32(21-30)26(5)6)48(46,47)43-33(19-28-14-10-15-29(18-28)36(39)40)35(44)38(16-11-17-41-23-38)37(45)42-22-27-12-8-7-9-13-27/h7-10,12-15,18,20-21,24-26,33,41,43H,11,16-17,19,22-23H2,1-6H3,(H3,39,40)(H,42,45)/t33-,38?/m0/s1. The summed E-state index contributed by atoms with van der Waals surface area (Å²) < 4.78 is 32.2. The molecule has 258 valence electrons. The number of nitrogens with two attached hydrogens (primary N) is 1. The molecule has 2 atom stereocenters. The van der Waals surface area contributed by atoms with Gasteiger partial charge in [-0.2, -0.15) is 0 Å². The van der Waals surface area contributed by atoms with E-state index in [1.54, 1.807) is 24.3 Å². The van der Waals surface area contributed by atoms with Gasteiger partial charge in [-0.25, -0.2) is 13.1 Å². The molecule has 0 aromatic heterocycles. The van der Waals surface area contributed by atoms with Gasteiger partial charge in [0.25, 0.3) is 0 Å². The van der Waals surface area contributed by atoms with Crippen molar-refractivity contribution in [3.63, 3.8) is 0 Å². The van der Waals surface area contributed by atoms with Crippen LogP contribution in [-0.4, -0.2) is 45.1 Å². The summed E-state index contributed by atoms with van der Waals surface area (Å²) in [5, 5.41) is 14.1. The van der Waals surface area contributed by atoms with Gasteiger partial charge in [0, 0.05) is 18.7 Å². The molecule has 1 saturated heterocycles. The van der Waals surface area contributed by atoms with E-state index in [0.717, 1.165) is 11.1 Å². The highest BCUT2D eigenvalue weighted by Gasteiger charge is 2.50. The van der Waals surface area contributed by atoms with E-state index in [0.29, 0.717) is 35.2 Å². The van der Waals surface area contributed by atoms with Gasteiger partial charge in [0.05, 0.1) is 10.9 Å². The molecule has 0 aliphatic carbocycles. The van der Waals surface area contributed by atoms with Crippen LogP contribution in [0.3, 0.4) is 0 Å². The summed E-state index contributed by atoms with van der Waals surface area (Å²) in [6, 6.07) is 19.0. The van der Waals surface area contributed by atoms with Gasteiger partial charge in [-0.05, 0) is 77.4 Å². The predicted molar refractivity (Wildman–Crippen MR) is 192 cm³/mol. The van der Waals surface area contributed by atoms with E-state index in [-0.39, 0.29) is 54.4 Å². The lowest BCUT2D eigenvalue weighted by Gasteiger charge is -2.37. The monoisotopic (exact) mass is 673 g/mol. The molecule has 1 amide bonds. The van der Waals surface area contributed by atoms with Gasteiger partial charge in [0.1, 0.15) is 11.3 Å². The van der Waals surface area contributed by atoms with Gasteiger partial charge < -0.3 is 16.4 Å². The van der Waals surface area contributed by atoms with Crippen molar-refractivity contribution in [1.29, 1.82) is 5.41 Å². The van der Waals surface area contributed by atoms with Gasteiger partial charge in [-0.1, -0.05) is 102 Å². The highest BCUT2D eigenvalue weighted by Crippen LogP contribution is 2.36. The molecule has 1 heterocycles. The van der Waals surface area contributed by atoms with Crippen molar-refractivity contribution in [3.05, 3.63) is 100 Å². The third-order valence-corrected chi connectivity index (χ3v) is 10.8. The van der Waals surface area contributed by atoms with Crippen LogP contribution in [0, 0.1) is 10.8 Å². The van der Waals surface area contributed by atoms with Gasteiger partial charge in [-0.3, -0.25) is 15.0 Å². The summed E-state index contributed by atoms with van der Waals surface area (Å²) in [5.74, 6) is -1.08. The smallest absolute Gasteiger partial charge is 0.241 e. The number of hydrogen-bond acceptors (Lipinski definition) is 6. The molecule has 0 spiro atoms. The Bertz CT molecular complexity index is 1700. The average Bonchev–Trinajstić information content (AvgIpc) is 3.06. The normalized spacial score (nSPS) is 17.4. The zero-order chi connectivity index (χ0) is 35.2. The van der Waals surface area contributed by atoms with Gasteiger partial charge in [0.15, 0.2) is 5.78 Å². The molecular formula is C38H51N5O4S. The zero-order valence-electron chi connectivity index (χ0n) is 29.0. The van der Waals surface area contributed by atoms with E-state index in [9.17, 15) is 18.0 Å². The van der Waals surface area contributed by atoms with Crippen LogP contribution in [0.15, 0.2) is 71.6 Å². The Balaban J connectivity index is 1.83. The van der Waals surface area contributed by atoms with Crippen molar-refractivity contribution in [2.24, 2.45) is 11.1 Å². The first-order valence-corrected chi connectivity index (χ1v) is 18.3. The maximum atomic E-state index is 14.9. The SMILES string of the molecule is CC(C)c1cc(C(C)C)c(S(=O)(=O)N[C@@H](Cc2cccc(C(=N)N)c2)C(=O)C2(C(=O)NCc3ccccc3)CCCNC2)c(C(C)C)c1.